The molecule has 0 spiro atoms. The topological polar surface area (TPSA) is 50.1 Å². The van der Waals surface area contributed by atoms with Gasteiger partial charge in [-0.1, -0.05) is 12.8 Å². The van der Waals surface area contributed by atoms with Gasteiger partial charge in [-0.05, 0) is 44.7 Å². The van der Waals surface area contributed by atoms with Crippen LogP contribution in [0.4, 0.5) is 0 Å². The van der Waals surface area contributed by atoms with Crippen molar-refractivity contribution in [1.29, 1.82) is 0 Å². The summed E-state index contributed by atoms with van der Waals surface area (Å²) < 4.78 is 0. The SMILES string of the molecule is NC(CNC1CCCC1)C1CCNCC1. The number of piperidine rings is 1. The van der Waals surface area contributed by atoms with Crippen LogP contribution in [0, 0.1) is 5.92 Å². The quantitative estimate of drug-likeness (QED) is 0.646. The van der Waals surface area contributed by atoms with Gasteiger partial charge in [0.2, 0.25) is 0 Å². The van der Waals surface area contributed by atoms with Gasteiger partial charge in [-0.25, -0.2) is 0 Å². The first-order valence-electron chi connectivity index (χ1n) is 6.56. The number of hydrogen-bond donors (Lipinski definition) is 3. The minimum absolute atomic E-state index is 0.368. The van der Waals surface area contributed by atoms with Gasteiger partial charge in [-0.2, -0.15) is 0 Å². The smallest absolute Gasteiger partial charge is 0.0194 e. The van der Waals surface area contributed by atoms with E-state index >= 15 is 0 Å². The Kier molecular flexibility index (Phi) is 4.42. The average Bonchev–Trinajstić information content (AvgIpc) is 2.80. The molecule has 0 aromatic carbocycles. The van der Waals surface area contributed by atoms with E-state index in [2.05, 4.69) is 10.6 Å². The van der Waals surface area contributed by atoms with Crippen molar-refractivity contribution in [2.45, 2.75) is 50.6 Å². The fourth-order valence-electron chi connectivity index (χ4n) is 2.87. The van der Waals surface area contributed by atoms with Crippen molar-refractivity contribution in [3.63, 3.8) is 0 Å². The maximum atomic E-state index is 6.24. The summed E-state index contributed by atoms with van der Waals surface area (Å²) in [5, 5.41) is 7.02. The normalized spacial score (nSPS) is 27.0. The first-order valence-corrected chi connectivity index (χ1v) is 6.56. The van der Waals surface area contributed by atoms with Crippen LogP contribution < -0.4 is 16.4 Å². The van der Waals surface area contributed by atoms with Gasteiger partial charge in [0.05, 0.1) is 0 Å². The molecule has 1 saturated carbocycles. The van der Waals surface area contributed by atoms with Gasteiger partial charge in [-0.15, -0.1) is 0 Å². The first kappa shape index (κ1) is 11.4. The monoisotopic (exact) mass is 211 g/mol. The molecule has 0 aromatic rings. The van der Waals surface area contributed by atoms with E-state index in [4.69, 9.17) is 5.73 Å². The molecule has 1 aliphatic carbocycles. The summed E-state index contributed by atoms with van der Waals surface area (Å²) in [6.45, 7) is 3.33. The van der Waals surface area contributed by atoms with Crippen LogP contribution in [-0.2, 0) is 0 Å². The number of nitrogens with two attached hydrogens (primary N) is 1. The largest absolute Gasteiger partial charge is 0.326 e. The lowest BCUT2D eigenvalue weighted by molar-refractivity contribution is 0.303. The van der Waals surface area contributed by atoms with E-state index in [9.17, 15) is 0 Å². The third-order valence-electron chi connectivity index (χ3n) is 3.99. The van der Waals surface area contributed by atoms with Gasteiger partial charge in [0.15, 0.2) is 0 Å². The molecule has 2 aliphatic rings. The molecule has 0 radical (unpaired) electrons. The van der Waals surface area contributed by atoms with E-state index in [1.54, 1.807) is 0 Å². The zero-order valence-corrected chi connectivity index (χ0v) is 9.67. The van der Waals surface area contributed by atoms with E-state index in [1.807, 2.05) is 0 Å². The number of hydrogen-bond acceptors (Lipinski definition) is 3. The number of nitrogens with one attached hydrogen (secondary N) is 2. The van der Waals surface area contributed by atoms with E-state index in [-0.39, 0.29) is 0 Å². The lowest BCUT2D eigenvalue weighted by Crippen LogP contribution is -2.46. The lowest BCUT2D eigenvalue weighted by Gasteiger charge is -2.29. The average molecular weight is 211 g/mol. The lowest BCUT2D eigenvalue weighted by atomic mass is 9.90. The van der Waals surface area contributed by atoms with Crippen LogP contribution in [0.3, 0.4) is 0 Å². The Morgan fingerprint density at radius 3 is 2.47 bits per heavy atom. The van der Waals surface area contributed by atoms with Crippen LogP contribution in [0.25, 0.3) is 0 Å². The Balaban J connectivity index is 1.64. The molecule has 1 saturated heterocycles. The molecule has 0 bridgehead atoms. The molecule has 1 heterocycles. The van der Waals surface area contributed by atoms with Gasteiger partial charge in [0.1, 0.15) is 0 Å². The Bertz CT molecular complexity index is 172. The van der Waals surface area contributed by atoms with Gasteiger partial charge in [0, 0.05) is 18.6 Å². The maximum Gasteiger partial charge on any atom is 0.0194 e. The molecule has 15 heavy (non-hydrogen) atoms. The van der Waals surface area contributed by atoms with Gasteiger partial charge in [-0.3, -0.25) is 0 Å². The summed E-state index contributed by atoms with van der Waals surface area (Å²) in [5.74, 6) is 0.736. The van der Waals surface area contributed by atoms with Crippen molar-refractivity contribution in [2.24, 2.45) is 11.7 Å². The molecule has 1 unspecified atom stereocenters. The van der Waals surface area contributed by atoms with Crippen molar-refractivity contribution >= 4 is 0 Å². The number of rotatable bonds is 4. The zero-order valence-electron chi connectivity index (χ0n) is 9.67. The third kappa shape index (κ3) is 3.44. The van der Waals surface area contributed by atoms with Crippen LogP contribution >= 0.6 is 0 Å². The summed E-state index contributed by atoms with van der Waals surface area (Å²) in [6, 6.07) is 1.13. The fraction of sp³-hybridized carbons (Fsp3) is 1.00. The highest BCUT2D eigenvalue weighted by Gasteiger charge is 2.21. The van der Waals surface area contributed by atoms with Crippen molar-refractivity contribution < 1.29 is 0 Å². The Labute approximate surface area is 93.2 Å². The summed E-state index contributed by atoms with van der Waals surface area (Å²) in [7, 11) is 0. The minimum atomic E-state index is 0.368. The Morgan fingerprint density at radius 1 is 1.13 bits per heavy atom. The molecule has 1 atom stereocenters. The molecule has 4 N–H and O–H groups in total. The molecule has 88 valence electrons. The fourth-order valence-corrected chi connectivity index (χ4v) is 2.87. The summed E-state index contributed by atoms with van der Waals surface area (Å²) in [5.41, 5.74) is 6.24. The summed E-state index contributed by atoms with van der Waals surface area (Å²) in [4.78, 5) is 0. The molecule has 3 heteroatoms. The van der Waals surface area contributed by atoms with Crippen LogP contribution in [0.1, 0.15) is 38.5 Å². The van der Waals surface area contributed by atoms with Crippen molar-refractivity contribution in [1.82, 2.24) is 10.6 Å². The van der Waals surface area contributed by atoms with E-state index in [0.717, 1.165) is 31.6 Å². The molecule has 3 nitrogen and oxygen atoms in total. The third-order valence-corrected chi connectivity index (χ3v) is 3.99. The highest BCUT2D eigenvalue weighted by Crippen LogP contribution is 2.19. The van der Waals surface area contributed by atoms with E-state index in [0.29, 0.717) is 6.04 Å². The second kappa shape index (κ2) is 5.83. The molecular weight excluding hydrogens is 186 g/mol. The highest BCUT2D eigenvalue weighted by molar-refractivity contribution is 4.82. The molecular formula is C12H25N3. The predicted octanol–water partition coefficient (Wildman–Crippen LogP) is 0.845. The second-order valence-corrected chi connectivity index (χ2v) is 5.14. The summed E-state index contributed by atoms with van der Waals surface area (Å²) >= 11 is 0. The maximum absolute atomic E-state index is 6.24. The van der Waals surface area contributed by atoms with Crippen molar-refractivity contribution in [3.8, 4) is 0 Å². The minimum Gasteiger partial charge on any atom is -0.326 e. The molecule has 0 aromatic heterocycles. The molecule has 2 fully saturated rings. The van der Waals surface area contributed by atoms with E-state index in [1.165, 1.54) is 38.5 Å². The van der Waals surface area contributed by atoms with Crippen LogP contribution in [-0.4, -0.2) is 31.7 Å². The van der Waals surface area contributed by atoms with Crippen LogP contribution in [0.15, 0.2) is 0 Å². The van der Waals surface area contributed by atoms with Gasteiger partial charge >= 0.3 is 0 Å². The van der Waals surface area contributed by atoms with Gasteiger partial charge < -0.3 is 16.4 Å². The van der Waals surface area contributed by atoms with Gasteiger partial charge in [0.25, 0.3) is 0 Å². The van der Waals surface area contributed by atoms with Crippen LogP contribution in [0.5, 0.6) is 0 Å². The molecule has 0 amide bonds. The zero-order chi connectivity index (χ0) is 10.5. The Morgan fingerprint density at radius 2 is 1.80 bits per heavy atom. The van der Waals surface area contributed by atoms with Crippen LogP contribution in [0.2, 0.25) is 0 Å². The predicted molar refractivity (Wildman–Crippen MR) is 63.8 cm³/mol. The molecule has 1 aliphatic heterocycles. The van der Waals surface area contributed by atoms with Crippen molar-refractivity contribution in [3.05, 3.63) is 0 Å². The standard InChI is InChI=1S/C12H25N3/c13-12(10-5-7-14-8-6-10)9-15-11-3-1-2-4-11/h10-12,14-15H,1-9,13H2. The van der Waals surface area contributed by atoms with E-state index < -0.39 is 0 Å². The second-order valence-electron chi connectivity index (χ2n) is 5.14. The highest BCUT2D eigenvalue weighted by atomic mass is 15.0. The Hall–Kier alpha value is -0.120. The molecule has 2 rings (SSSR count). The summed E-state index contributed by atoms with van der Waals surface area (Å²) in [6.07, 6.45) is 8.04. The first-order chi connectivity index (χ1) is 7.36. The van der Waals surface area contributed by atoms with Crippen molar-refractivity contribution in [2.75, 3.05) is 19.6 Å².